The number of pyridine rings is 1. The molecule has 108 valence electrons. The predicted molar refractivity (Wildman–Crippen MR) is 82.5 cm³/mol. The molecule has 0 saturated carbocycles. The maximum atomic E-state index is 12.2. The number of nitrogens with one attached hydrogen (secondary N) is 2. The summed E-state index contributed by atoms with van der Waals surface area (Å²) in [5.41, 5.74) is 2.28. The third-order valence-electron chi connectivity index (χ3n) is 2.49. The highest BCUT2D eigenvalue weighted by atomic mass is 79.9. The fourth-order valence-corrected chi connectivity index (χ4v) is 3.35. The Morgan fingerprint density at radius 1 is 1.58 bits per heavy atom. The number of hydrogen-bond donors (Lipinski definition) is 3. The third-order valence-corrected chi connectivity index (χ3v) is 5.44. The summed E-state index contributed by atoms with van der Waals surface area (Å²) in [4.78, 5) is 3.94. The molecule has 6 nitrogen and oxygen atoms in total. The van der Waals surface area contributed by atoms with E-state index < -0.39 is 10.0 Å². The van der Waals surface area contributed by atoms with Crippen molar-refractivity contribution in [2.45, 2.75) is 23.5 Å². The first-order chi connectivity index (χ1) is 8.90. The van der Waals surface area contributed by atoms with Crippen molar-refractivity contribution in [2.24, 2.45) is 5.84 Å². The van der Waals surface area contributed by atoms with E-state index in [1.165, 1.54) is 12.3 Å². The minimum atomic E-state index is -3.62. The van der Waals surface area contributed by atoms with E-state index in [0.29, 0.717) is 16.3 Å². The van der Waals surface area contributed by atoms with Crippen molar-refractivity contribution < 1.29 is 8.42 Å². The number of aromatic nitrogens is 1. The maximum Gasteiger partial charge on any atom is 0.244 e. The van der Waals surface area contributed by atoms with E-state index in [9.17, 15) is 8.42 Å². The van der Waals surface area contributed by atoms with Gasteiger partial charge in [-0.3, -0.25) is 0 Å². The van der Waals surface area contributed by atoms with Crippen LogP contribution in [0.25, 0.3) is 0 Å². The van der Waals surface area contributed by atoms with Crippen molar-refractivity contribution in [3.63, 3.8) is 0 Å². The molecule has 0 radical (unpaired) electrons. The Morgan fingerprint density at radius 2 is 2.26 bits per heavy atom. The van der Waals surface area contributed by atoms with Crippen LogP contribution in [-0.4, -0.2) is 31.5 Å². The smallest absolute Gasteiger partial charge is 0.244 e. The second kappa shape index (κ2) is 7.44. The molecule has 1 atom stereocenters. The summed E-state index contributed by atoms with van der Waals surface area (Å²) >= 11 is 4.89. The number of thioether (sulfide) groups is 1. The standard InChI is InChI=1S/C10H17BrN4O2S2/c1-7(18-2)3-4-14-19(16,17)9-5-8(11)6-13-10(9)15-12/h5-7,14H,3-4,12H2,1-2H3,(H,13,15). The summed E-state index contributed by atoms with van der Waals surface area (Å²) < 4.78 is 27.4. The number of hydrazine groups is 1. The Morgan fingerprint density at radius 3 is 2.84 bits per heavy atom. The summed E-state index contributed by atoms with van der Waals surface area (Å²) in [6.07, 6.45) is 4.23. The molecule has 4 N–H and O–H groups in total. The lowest BCUT2D eigenvalue weighted by Gasteiger charge is -2.12. The lowest BCUT2D eigenvalue weighted by molar-refractivity contribution is 0.579. The highest BCUT2D eigenvalue weighted by Gasteiger charge is 2.19. The summed E-state index contributed by atoms with van der Waals surface area (Å²) in [5, 5.41) is 0.399. The number of hydrogen-bond acceptors (Lipinski definition) is 6. The lowest BCUT2D eigenvalue weighted by atomic mass is 10.3. The van der Waals surface area contributed by atoms with Gasteiger partial charge in [0.15, 0.2) is 5.82 Å². The Kier molecular flexibility index (Phi) is 6.54. The van der Waals surface area contributed by atoms with Gasteiger partial charge in [0.25, 0.3) is 0 Å². The molecule has 0 aliphatic rings. The van der Waals surface area contributed by atoms with Gasteiger partial charge in [0.1, 0.15) is 4.90 Å². The molecule has 0 amide bonds. The lowest BCUT2D eigenvalue weighted by Crippen LogP contribution is -2.28. The third kappa shape index (κ3) is 4.92. The number of halogens is 1. The molecule has 0 saturated heterocycles. The van der Waals surface area contributed by atoms with Crippen LogP contribution >= 0.6 is 27.7 Å². The van der Waals surface area contributed by atoms with Gasteiger partial charge in [-0.15, -0.1) is 0 Å². The van der Waals surface area contributed by atoms with E-state index >= 15 is 0 Å². The second-order valence-corrected chi connectivity index (χ2v) is 7.80. The molecule has 0 spiro atoms. The number of rotatable bonds is 7. The SMILES string of the molecule is CSC(C)CCNS(=O)(=O)c1cc(Br)cnc1NN. The molecule has 1 aromatic rings. The fraction of sp³-hybridized carbons (Fsp3) is 0.500. The fourth-order valence-electron chi connectivity index (χ4n) is 1.33. The van der Waals surface area contributed by atoms with Crippen molar-refractivity contribution in [2.75, 3.05) is 18.2 Å². The Hall–Kier alpha value is -0.350. The molecule has 1 heterocycles. The molecule has 0 aliphatic heterocycles. The first-order valence-electron chi connectivity index (χ1n) is 5.55. The molecular weight excluding hydrogens is 352 g/mol. The van der Waals surface area contributed by atoms with Crippen molar-refractivity contribution >= 4 is 43.5 Å². The largest absolute Gasteiger partial charge is 0.307 e. The van der Waals surface area contributed by atoms with Crippen LogP contribution in [0.5, 0.6) is 0 Å². The van der Waals surface area contributed by atoms with Gasteiger partial charge in [-0.25, -0.2) is 24.0 Å². The molecule has 1 rings (SSSR count). The van der Waals surface area contributed by atoms with Crippen LogP contribution in [0.4, 0.5) is 5.82 Å². The monoisotopic (exact) mass is 368 g/mol. The van der Waals surface area contributed by atoms with Crippen LogP contribution in [0.1, 0.15) is 13.3 Å². The quantitative estimate of drug-likeness (QED) is 0.498. The van der Waals surface area contributed by atoms with E-state index in [4.69, 9.17) is 5.84 Å². The van der Waals surface area contributed by atoms with E-state index in [1.807, 2.05) is 13.2 Å². The van der Waals surface area contributed by atoms with E-state index in [2.05, 4.69) is 31.1 Å². The van der Waals surface area contributed by atoms with Crippen molar-refractivity contribution in [3.8, 4) is 0 Å². The molecule has 9 heteroatoms. The number of sulfonamides is 1. The summed E-state index contributed by atoms with van der Waals surface area (Å²) in [7, 11) is -3.62. The predicted octanol–water partition coefficient (Wildman–Crippen LogP) is 1.55. The van der Waals surface area contributed by atoms with Gasteiger partial charge in [-0.05, 0) is 34.7 Å². The van der Waals surface area contributed by atoms with E-state index in [-0.39, 0.29) is 10.7 Å². The molecule has 1 unspecified atom stereocenters. The Balaban J connectivity index is 2.85. The van der Waals surface area contributed by atoms with Gasteiger partial charge in [-0.1, -0.05) is 6.92 Å². The van der Waals surface area contributed by atoms with Gasteiger partial charge < -0.3 is 5.43 Å². The van der Waals surface area contributed by atoms with Crippen molar-refractivity contribution in [1.29, 1.82) is 0 Å². The van der Waals surface area contributed by atoms with Gasteiger partial charge in [0, 0.05) is 22.5 Å². The maximum absolute atomic E-state index is 12.2. The average Bonchev–Trinajstić information content (AvgIpc) is 2.38. The van der Waals surface area contributed by atoms with Crippen LogP contribution in [0.15, 0.2) is 21.6 Å². The zero-order valence-corrected chi connectivity index (χ0v) is 13.9. The number of anilines is 1. The Labute approximate surface area is 126 Å². The number of nitrogens with zero attached hydrogens (tertiary/aromatic N) is 1. The minimum Gasteiger partial charge on any atom is -0.307 e. The van der Waals surface area contributed by atoms with Gasteiger partial charge in [0.05, 0.1) is 0 Å². The zero-order valence-electron chi connectivity index (χ0n) is 10.7. The highest BCUT2D eigenvalue weighted by molar-refractivity contribution is 9.10. The molecular formula is C10H17BrN4O2S2. The molecule has 19 heavy (non-hydrogen) atoms. The summed E-state index contributed by atoms with van der Waals surface area (Å²) in [6, 6.07) is 1.46. The molecule has 0 bridgehead atoms. The molecule has 0 aliphatic carbocycles. The van der Waals surface area contributed by atoms with E-state index in [1.54, 1.807) is 11.8 Å². The normalized spacial score (nSPS) is 13.3. The van der Waals surface area contributed by atoms with Gasteiger partial charge in [-0.2, -0.15) is 11.8 Å². The molecule has 1 aromatic heterocycles. The highest BCUT2D eigenvalue weighted by Crippen LogP contribution is 2.22. The first kappa shape index (κ1) is 16.7. The first-order valence-corrected chi connectivity index (χ1v) is 9.11. The van der Waals surface area contributed by atoms with Crippen LogP contribution in [0, 0.1) is 0 Å². The van der Waals surface area contributed by atoms with Gasteiger partial charge in [0.2, 0.25) is 10.0 Å². The molecule has 0 aromatic carbocycles. The van der Waals surface area contributed by atoms with Crippen LogP contribution in [-0.2, 0) is 10.0 Å². The summed E-state index contributed by atoms with van der Waals surface area (Å²) in [6.45, 7) is 2.42. The topological polar surface area (TPSA) is 97.1 Å². The zero-order chi connectivity index (χ0) is 14.5. The second-order valence-electron chi connectivity index (χ2n) is 3.88. The van der Waals surface area contributed by atoms with Crippen molar-refractivity contribution in [3.05, 3.63) is 16.7 Å². The number of nitrogens with two attached hydrogens (primary N) is 1. The minimum absolute atomic E-state index is 0.0289. The molecule has 0 fully saturated rings. The van der Waals surface area contributed by atoms with Crippen LogP contribution in [0.2, 0.25) is 0 Å². The van der Waals surface area contributed by atoms with Crippen LogP contribution < -0.4 is 16.0 Å². The van der Waals surface area contributed by atoms with Crippen LogP contribution in [0.3, 0.4) is 0 Å². The Bertz CT molecular complexity index is 524. The number of nitrogen functional groups attached to an aromatic ring is 1. The average molecular weight is 369 g/mol. The van der Waals surface area contributed by atoms with Crippen molar-refractivity contribution in [1.82, 2.24) is 9.71 Å². The van der Waals surface area contributed by atoms with E-state index in [0.717, 1.165) is 6.42 Å². The summed E-state index contributed by atoms with van der Waals surface area (Å²) in [5.74, 6) is 5.39. The van der Waals surface area contributed by atoms with Gasteiger partial charge >= 0.3 is 0 Å².